The van der Waals surface area contributed by atoms with Crippen molar-refractivity contribution in [3.8, 4) is 0 Å². The van der Waals surface area contributed by atoms with Crippen LogP contribution in [-0.4, -0.2) is 26.8 Å². The lowest BCUT2D eigenvalue weighted by molar-refractivity contribution is -0.134. The Kier molecular flexibility index (Phi) is 5.29. The van der Waals surface area contributed by atoms with E-state index in [9.17, 15) is 18.0 Å². The van der Waals surface area contributed by atoms with Crippen molar-refractivity contribution in [2.24, 2.45) is 10.6 Å². The average molecular weight is 387 g/mol. The van der Waals surface area contributed by atoms with E-state index >= 15 is 0 Å². The first-order valence-electron chi connectivity index (χ1n) is 8.58. The first-order chi connectivity index (χ1) is 12.8. The zero-order valence-electron chi connectivity index (χ0n) is 14.6. The van der Waals surface area contributed by atoms with Crippen LogP contribution in [0.2, 0.25) is 0 Å². The van der Waals surface area contributed by atoms with Crippen LogP contribution in [-0.2, 0) is 26.0 Å². The Morgan fingerprint density at radius 2 is 1.59 bits per heavy atom. The fraction of sp³-hybridized carbons (Fsp3) is 0.263. The van der Waals surface area contributed by atoms with Gasteiger partial charge in [-0.1, -0.05) is 30.3 Å². The van der Waals surface area contributed by atoms with Crippen LogP contribution in [0.4, 0.5) is 5.69 Å². The van der Waals surface area contributed by atoms with E-state index in [2.05, 4.69) is 10.6 Å². The molecule has 4 N–H and O–H groups in total. The molecule has 0 atom stereocenters. The van der Waals surface area contributed by atoms with Crippen molar-refractivity contribution in [2.45, 2.75) is 24.2 Å². The van der Waals surface area contributed by atoms with Crippen molar-refractivity contribution >= 4 is 27.5 Å². The van der Waals surface area contributed by atoms with Gasteiger partial charge in [-0.25, -0.2) is 13.6 Å². The molecule has 0 aliphatic heterocycles. The van der Waals surface area contributed by atoms with Gasteiger partial charge in [-0.05, 0) is 49.1 Å². The second-order valence-corrected chi connectivity index (χ2v) is 8.16. The van der Waals surface area contributed by atoms with Crippen LogP contribution in [0, 0.1) is 5.41 Å². The molecule has 2 amide bonds. The third-order valence-electron chi connectivity index (χ3n) is 4.60. The number of hydrogen-bond acceptors (Lipinski definition) is 4. The van der Waals surface area contributed by atoms with Crippen LogP contribution in [0.25, 0.3) is 0 Å². The Morgan fingerprint density at radius 3 is 2.15 bits per heavy atom. The second-order valence-electron chi connectivity index (χ2n) is 6.60. The molecule has 0 heterocycles. The summed E-state index contributed by atoms with van der Waals surface area (Å²) in [5, 5.41) is 10.7. The molecule has 1 saturated carbocycles. The molecular weight excluding hydrogens is 366 g/mol. The maximum atomic E-state index is 12.5. The molecule has 1 aliphatic carbocycles. The van der Waals surface area contributed by atoms with Gasteiger partial charge in [0.1, 0.15) is 5.41 Å². The van der Waals surface area contributed by atoms with Gasteiger partial charge >= 0.3 is 0 Å². The average Bonchev–Trinajstić information content (AvgIpc) is 3.44. The number of nitrogens with one attached hydrogen (secondary N) is 2. The highest BCUT2D eigenvalue weighted by Crippen LogP contribution is 2.46. The standard InChI is InChI=1S/C19H21N3O4S/c20-27(25,26)16-8-6-14(7-9-16)10-13-21-17(23)19(11-12-19)18(24)22-15-4-2-1-3-5-15/h1-9H,10-13H2,(H,21,23)(H,22,24)(H2,20,25,26). The molecule has 142 valence electrons. The summed E-state index contributed by atoms with van der Waals surface area (Å²) < 4.78 is 22.5. The minimum atomic E-state index is -3.71. The van der Waals surface area contributed by atoms with Gasteiger partial charge in [0, 0.05) is 12.2 Å². The Bertz CT molecular complexity index is 937. The van der Waals surface area contributed by atoms with Crippen LogP contribution in [0.3, 0.4) is 0 Å². The molecule has 3 rings (SSSR count). The van der Waals surface area contributed by atoms with Gasteiger partial charge in [0.05, 0.1) is 4.90 Å². The third-order valence-corrected chi connectivity index (χ3v) is 5.53. The van der Waals surface area contributed by atoms with Gasteiger partial charge in [0.25, 0.3) is 0 Å². The number of benzene rings is 2. The SMILES string of the molecule is NS(=O)(=O)c1ccc(CCNC(=O)C2(C(=O)Nc3ccccc3)CC2)cc1. The molecule has 0 bridgehead atoms. The van der Waals surface area contributed by atoms with E-state index in [4.69, 9.17) is 5.14 Å². The molecule has 8 heteroatoms. The fourth-order valence-corrected chi connectivity index (χ4v) is 3.31. The van der Waals surface area contributed by atoms with Gasteiger partial charge in [-0.2, -0.15) is 0 Å². The van der Waals surface area contributed by atoms with Crippen molar-refractivity contribution in [1.29, 1.82) is 0 Å². The largest absolute Gasteiger partial charge is 0.355 e. The lowest BCUT2D eigenvalue weighted by Gasteiger charge is -2.15. The minimum absolute atomic E-state index is 0.0461. The third kappa shape index (κ3) is 4.53. The maximum absolute atomic E-state index is 12.5. The van der Waals surface area contributed by atoms with Crippen molar-refractivity contribution in [3.05, 3.63) is 60.2 Å². The van der Waals surface area contributed by atoms with E-state index in [1.54, 1.807) is 24.3 Å². The number of carbonyl (C=O) groups is 2. The summed E-state index contributed by atoms with van der Waals surface area (Å²) in [6, 6.07) is 15.2. The minimum Gasteiger partial charge on any atom is -0.355 e. The summed E-state index contributed by atoms with van der Waals surface area (Å²) in [5.74, 6) is -0.569. The van der Waals surface area contributed by atoms with Crippen molar-refractivity contribution in [3.63, 3.8) is 0 Å². The zero-order chi connectivity index (χ0) is 19.5. The molecule has 27 heavy (non-hydrogen) atoms. The van der Waals surface area contributed by atoms with E-state index in [1.165, 1.54) is 12.1 Å². The Balaban J connectivity index is 1.52. The zero-order valence-corrected chi connectivity index (χ0v) is 15.5. The molecule has 2 aromatic rings. The lowest BCUT2D eigenvalue weighted by Crippen LogP contribution is -2.40. The highest BCUT2D eigenvalue weighted by atomic mass is 32.2. The smallest absolute Gasteiger partial charge is 0.240 e. The first-order valence-corrected chi connectivity index (χ1v) is 10.1. The molecule has 0 radical (unpaired) electrons. The van der Waals surface area contributed by atoms with Crippen LogP contribution < -0.4 is 15.8 Å². The van der Waals surface area contributed by atoms with Crippen molar-refractivity contribution in [2.75, 3.05) is 11.9 Å². The molecule has 7 nitrogen and oxygen atoms in total. The molecule has 0 saturated heterocycles. The van der Waals surface area contributed by atoms with E-state index in [1.807, 2.05) is 18.2 Å². The van der Waals surface area contributed by atoms with Gasteiger partial charge in [-0.3, -0.25) is 9.59 Å². The Morgan fingerprint density at radius 1 is 0.963 bits per heavy atom. The Labute approximate surface area is 158 Å². The highest BCUT2D eigenvalue weighted by Gasteiger charge is 2.56. The monoisotopic (exact) mass is 387 g/mol. The predicted molar refractivity (Wildman–Crippen MR) is 101 cm³/mol. The quantitative estimate of drug-likeness (QED) is 0.623. The van der Waals surface area contributed by atoms with Gasteiger partial charge in [-0.15, -0.1) is 0 Å². The number of nitrogens with two attached hydrogens (primary N) is 1. The van der Waals surface area contributed by atoms with Gasteiger partial charge in [0.2, 0.25) is 21.8 Å². The number of anilines is 1. The highest BCUT2D eigenvalue weighted by molar-refractivity contribution is 7.89. The molecule has 1 aliphatic rings. The molecular formula is C19H21N3O4S. The van der Waals surface area contributed by atoms with Crippen LogP contribution in [0.1, 0.15) is 18.4 Å². The van der Waals surface area contributed by atoms with Gasteiger partial charge < -0.3 is 10.6 Å². The first kappa shape index (κ1) is 19.1. The van der Waals surface area contributed by atoms with E-state index in [-0.39, 0.29) is 16.7 Å². The molecule has 1 fully saturated rings. The lowest BCUT2D eigenvalue weighted by atomic mass is 10.0. The number of primary sulfonamides is 1. The molecule has 0 spiro atoms. The summed E-state index contributed by atoms with van der Waals surface area (Å²) in [7, 11) is -3.71. The van der Waals surface area contributed by atoms with Gasteiger partial charge in [0.15, 0.2) is 0 Å². The number of carbonyl (C=O) groups excluding carboxylic acids is 2. The normalized spacial score (nSPS) is 15.0. The molecule has 0 unspecified atom stereocenters. The summed E-state index contributed by atoms with van der Waals surface area (Å²) in [6.07, 6.45) is 1.58. The van der Waals surface area contributed by atoms with Crippen LogP contribution in [0.5, 0.6) is 0 Å². The second kappa shape index (κ2) is 7.50. The number of amides is 2. The predicted octanol–water partition coefficient (Wildman–Crippen LogP) is 1.41. The molecule has 0 aromatic heterocycles. The van der Waals surface area contributed by atoms with E-state index in [0.717, 1.165) is 5.56 Å². The summed E-state index contributed by atoms with van der Waals surface area (Å²) in [5.41, 5.74) is 0.533. The van der Waals surface area contributed by atoms with E-state index in [0.29, 0.717) is 31.5 Å². The Hall–Kier alpha value is -2.71. The fourth-order valence-electron chi connectivity index (χ4n) is 2.79. The summed E-state index contributed by atoms with van der Waals surface area (Å²) in [6.45, 7) is 0.355. The summed E-state index contributed by atoms with van der Waals surface area (Å²) >= 11 is 0. The van der Waals surface area contributed by atoms with Crippen LogP contribution >= 0.6 is 0 Å². The number of sulfonamides is 1. The van der Waals surface area contributed by atoms with Crippen LogP contribution in [0.15, 0.2) is 59.5 Å². The topological polar surface area (TPSA) is 118 Å². The van der Waals surface area contributed by atoms with Crippen molar-refractivity contribution in [1.82, 2.24) is 5.32 Å². The maximum Gasteiger partial charge on any atom is 0.240 e. The number of rotatable bonds is 7. The number of hydrogen-bond donors (Lipinski definition) is 3. The van der Waals surface area contributed by atoms with Crippen molar-refractivity contribution < 1.29 is 18.0 Å². The van der Waals surface area contributed by atoms with E-state index < -0.39 is 15.4 Å². The summed E-state index contributed by atoms with van der Waals surface area (Å²) in [4.78, 5) is 25.0. The molecule has 2 aromatic carbocycles. The number of para-hydroxylation sites is 1.